The third-order valence-corrected chi connectivity index (χ3v) is 6.38. The monoisotopic (exact) mass is 561 g/mol. The summed E-state index contributed by atoms with van der Waals surface area (Å²) in [5, 5.41) is 15.4. The first-order chi connectivity index (χ1) is 20.3. The molecule has 0 spiro atoms. The lowest BCUT2D eigenvalue weighted by atomic mass is 10.1. The zero-order valence-electron chi connectivity index (χ0n) is 23.2. The van der Waals surface area contributed by atoms with Crippen molar-refractivity contribution in [3.63, 3.8) is 0 Å². The molecular weight excluding hydrogens is 536 g/mol. The molecule has 0 saturated heterocycles. The van der Waals surface area contributed by atoms with Crippen LogP contribution in [0.3, 0.4) is 0 Å². The number of urea groups is 1. The van der Waals surface area contributed by atoms with Gasteiger partial charge in [-0.15, -0.1) is 5.10 Å². The van der Waals surface area contributed by atoms with E-state index in [0.717, 1.165) is 5.56 Å². The van der Waals surface area contributed by atoms with Gasteiger partial charge in [0.05, 0.1) is 22.8 Å². The summed E-state index contributed by atoms with van der Waals surface area (Å²) in [5.74, 6) is 1.20. The van der Waals surface area contributed by atoms with E-state index in [4.69, 9.17) is 19.9 Å². The van der Waals surface area contributed by atoms with Crippen LogP contribution in [0.25, 0.3) is 45.7 Å². The highest BCUT2D eigenvalue weighted by Gasteiger charge is 2.23. The molecule has 14 heteroatoms. The summed E-state index contributed by atoms with van der Waals surface area (Å²) in [6.45, 7) is 0. The number of aryl methyl sites for hydroxylation is 2. The maximum atomic E-state index is 12.1. The molecular formula is C28H25N12O2+. The van der Waals surface area contributed by atoms with Gasteiger partial charge in [-0.3, -0.25) is 5.43 Å². The number of hydrogen-bond donors (Lipinski definition) is 1. The normalized spacial score (nSPS) is 13.1. The van der Waals surface area contributed by atoms with Crippen molar-refractivity contribution in [2.75, 3.05) is 14.1 Å². The lowest BCUT2D eigenvalue weighted by Gasteiger charge is -2.29. The summed E-state index contributed by atoms with van der Waals surface area (Å²) in [6.07, 6.45) is 0. The molecule has 42 heavy (non-hydrogen) atoms. The van der Waals surface area contributed by atoms with E-state index in [9.17, 15) is 9.59 Å². The van der Waals surface area contributed by atoms with Gasteiger partial charge >= 0.3 is 11.7 Å². The van der Waals surface area contributed by atoms with Crippen molar-refractivity contribution in [3.8, 4) is 45.7 Å². The van der Waals surface area contributed by atoms with Crippen molar-refractivity contribution in [2.45, 2.75) is 0 Å². The first kappa shape index (κ1) is 26.3. The Morgan fingerprint density at radius 3 is 1.95 bits per heavy atom. The van der Waals surface area contributed by atoms with E-state index >= 15 is 0 Å². The summed E-state index contributed by atoms with van der Waals surface area (Å²) < 4.78 is 2.42. The zero-order chi connectivity index (χ0) is 29.4. The van der Waals surface area contributed by atoms with E-state index in [0.29, 0.717) is 51.6 Å². The molecule has 5 heterocycles. The van der Waals surface area contributed by atoms with Crippen LogP contribution in [0.4, 0.5) is 4.79 Å². The second-order valence-electron chi connectivity index (χ2n) is 9.42. The molecule has 2 amide bonds. The van der Waals surface area contributed by atoms with Gasteiger partial charge in [-0.1, -0.05) is 62.0 Å². The van der Waals surface area contributed by atoms with Crippen molar-refractivity contribution in [1.29, 1.82) is 0 Å². The van der Waals surface area contributed by atoms with Gasteiger partial charge in [0.2, 0.25) is 0 Å². The number of amidine groups is 1. The third-order valence-electron chi connectivity index (χ3n) is 6.38. The molecule has 0 saturated carbocycles. The minimum atomic E-state index is -0.350. The smallest absolute Gasteiger partial charge is 0.275 e. The molecule has 0 fully saturated rings. The van der Waals surface area contributed by atoms with Crippen LogP contribution >= 0.6 is 0 Å². The van der Waals surface area contributed by atoms with Crippen molar-refractivity contribution in [3.05, 3.63) is 89.0 Å². The fraction of sp³-hybridized carbons (Fsp3) is 0.143. The largest absolute Gasteiger partial charge is 0.539 e. The number of nitrogens with one attached hydrogen (secondary N) is 1. The second-order valence-corrected chi connectivity index (χ2v) is 9.42. The molecule has 5 aromatic rings. The lowest BCUT2D eigenvalue weighted by Crippen LogP contribution is -2.55. The van der Waals surface area contributed by atoms with Crippen molar-refractivity contribution in [2.24, 2.45) is 19.2 Å². The van der Waals surface area contributed by atoms with Gasteiger partial charge in [0.15, 0.2) is 11.7 Å². The first-order valence-electron chi connectivity index (χ1n) is 12.9. The van der Waals surface area contributed by atoms with Crippen LogP contribution in [-0.2, 0) is 14.1 Å². The molecule has 4 aromatic heterocycles. The number of amides is 2. The van der Waals surface area contributed by atoms with Gasteiger partial charge in [0.1, 0.15) is 25.5 Å². The number of hydrazone groups is 1. The molecule has 14 nitrogen and oxygen atoms in total. The molecule has 208 valence electrons. The van der Waals surface area contributed by atoms with Crippen LogP contribution in [0, 0.1) is 0 Å². The minimum Gasteiger partial charge on any atom is -0.275 e. The second kappa shape index (κ2) is 10.6. The quantitative estimate of drug-likeness (QED) is 0.314. The maximum Gasteiger partial charge on any atom is 0.539 e. The lowest BCUT2D eigenvalue weighted by molar-refractivity contribution is -0.749. The highest BCUT2D eigenvalue weighted by molar-refractivity contribution is 6.00. The van der Waals surface area contributed by atoms with E-state index < -0.39 is 0 Å². The average molecular weight is 562 g/mol. The van der Waals surface area contributed by atoms with Crippen molar-refractivity contribution < 1.29 is 9.48 Å². The molecule has 1 N–H and O–H groups in total. The number of aromatic nitrogens is 8. The van der Waals surface area contributed by atoms with Gasteiger partial charge < -0.3 is 0 Å². The summed E-state index contributed by atoms with van der Waals surface area (Å²) in [4.78, 5) is 43.4. The SMILES string of the molecule is CN1N=C(c2cccc(-c3cc(-c4cccc(-c5nn(C)c(=O)[n+](C)n5)n4)nc(-c4ccccc4)n3)n2)NN(C)C1=O. The Bertz CT molecular complexity index is 1900. The molecule has 6 rings (SSSR count). The number of carbonyl (C=O) groups excluding carboxylic acids is 1. The summed E-state index contributed by atoms with van der Waals surface area (Å²) in [7, 11) is 6.31. The van der Waals surface area contributed by atoms with Crippen LogP contribution < -0.4 is 15.8 Å². The first-order valence-corrected chi connectivity index (χ1v) is 12.9. The fourth-order valence-corrected chi connectivity index (χ4v) is 4.29. The van der Waals surface area contributed by atoms with Gasteiger partial charge in [0, 0.05) is 19.7 Å². The topological polar surface area (TPSA) is 151 Å². The number of pyridine rings is 2. The Hall–Kier alpha value is -5.92. The molecule has 1 aromatic carbocycles. The van der Waals surface area contributed by atoms with E-state index in [2.05, 4.69) is 20.7 Å². The maximum absolute atomic E-state index is 12.1. The highest BCUT2D eigenvalue weighted by Crippen LogP contribution is 2.27. The Labute approximate surface area is 239 Å². The standard InChI is InChI=1S/C28H25N12O2/c1-37-27(41)38(2)34-25(33-37)20-14-8-12-18(29-20)22-16-23(32-24(31-22)17-10-6-5-7-11-17)19-13-9-15-21(30-19)26-35-39(3)28(42)40(4)36-26/h5-16H,1-4H3,(H,33,34)/q+1. The molecule has 0 bridgehead atoms. The van der Waals surface area contributed by atoms with Gasteiger partial charge in [-0.25, -0.2) is 34.7 Å². The number of carbonyl (C=O) groups is 1. The molecule has 0 atom stereocenters. The third kappa shape index (κ3) is 5.03. The Balaban J connectivity index is 1.47. The Kier molecular flexibility index (Phi) is 6.62. The predicted octanol–water partition coefficient (Wildman–Crippen LogP) is 1.41. The van der Waals surface area contributed by atoms with Crippen LogP contribution in [-0.4, -0.2) is 70.8 Å². The van der Waals surface area contributed by atoms with Crippen molar-refractivity contribution in [1.82, 2.24) is 50.3 Å². The molecule has 0 aliphatic carbocycles. The molecule has 0 unspecified atom stereocenters. The van der Waals surface area contributed by atoms with Crippen LogP contribution in [0.1, 0.15) is 5.69 Å². The van der Waals surface area contributed by atoms with Crippen LogP contribution in [0.2, 0.25) is 0 Å². The van der Waals surface area contributed by atoms with Crippen molar-refractivity contribution >= 4 is 11.9 Å². The minimum absolute atomic E-state index is 0.294. The predicted molar refractivity (Wildman–Crippen MR) is 152 cm³/mol. The number of hydrazine groups is 1. The van der Waals surface area contributed by atoms with Gasteiger partial charge in [-0.2, -0.15) is 4.79 Å². The highest BCUT2D eigenvalue weighted by atomic mass is 16.2. The molecule has 1 aliphatic heterocycles. The van der Waals surface area contributed by atoms with Gasteiger partial charge in [0.25, 0.3) is 5.82 Å². The van der Waals surface area contributed by atoms with E-state index in [1.54, 1.807) is 40.3 Å². The summed E-state index contributed by atoms with van der Waals surface area (Å²) >= 11 is 0. The molecule has 0 radical (unpaired) electrons. The Morgan fingerprint density at radius 1 is 0.690 bits per heavy atom. The van der Waals surface area contributed by atoms with E-state index in [1.165, 1.54) is 19.4 Å². The van der Waals surface area contributed by atoms with Crippen LogP contribution in [0.15, 0.2) is 82.7 Å². The summed E-state index contributed by atoms with van der Waals surface area (Å²) in [5.41, 5.74) is 6.68. The number of nitrogens with zero attached hydrogens (tertiary/aromatic N) is 11. The van der Waals surface area contributed by atoms with Crippen LogP contribution in [0.5, 0.6) is 0 Å². The number of hydrogen-bond acceptors (Lipinski definition) is 10. The number of rotatable bonds is 5. The Morgan fingerprint density at radius 2 is 1.31 bits per heavy atom. The number of benzene rings is 1. The summed E-state index contributed by atoms with van der Waals surface area (Å²) in [6, 6.07) is 22.0. The molecule has 1 aliphatic rings. The average Bonchev–Trinajstić information content (AvgIpc) is 3.02. The zero-order valence-corrected chi connectivity index (χ0v) is 23.2. The fourth-order valence-electron chi connectivity index (χ4n) is 4.29. The van der Waals surface area contributed by atoms with E-state index in [-0.39, 0.29) is 11.7 Å². The van der Waals surface area contributed by atoms with Gasteiger partial charge in [-0.05, 0) is 30.3 Å². The van der Waals surface area contributed by atoms with E-state index in [1.807, 2.05) is 60.7 Å².